The maximum atomic E-state index is 12.5. The molecule has 3 aromatic rings. The number of methoxy groups -OCH3 is 1. The van der Waals surface area contributed by atoms with E-state index >= 15 is 0 Å². The highest BCUT2D eigenvalue weighted by atomic mass is 35.5. The van der Waals surface area contributed by atoms with Crippen molar-refractivity contribution in [3.63, 3.8) is 0 Å². The lowest BCUT2D eigenvalue weighted by Crippen LogP contribution is -2.09. The van der Waals surface area contributed by atoms with Crippen LogP contribution in [0.5, 0.6) is 5.75 Å². The molecule has 0 aromatic heterocycles. The normalized spacial score (nSPS) is 17.9. The van der Waals surface area contributed by atoms with Crippen LogP contribution in [0, 0.1) is 5.92 Å². The van der Waals surface area contributed by atoms with Gasteiger partial charge in [0.05, 0.1) is 28.4 Å². The van der Waals surface area contributed by atoms with Crippen LogP contribution in [0.15, 0.2) is 71.9 Å². The monoisotopic (exact) mass is 473 g/mol. The molecule has 31 heavy (non-hydrogen) atoms. The summed E-state index contributed by atoms with van der Waals surface area (Å²) in [7, 11) is 1.61. The number of carbonyl (C=O) groups is 1. The fraction of sp³-hybridized carbons (Fsp3) is 0.167. The standard InChI is InChI=1S/C24H18Cl3NO3/c1-30-18-9-4-15(5-10-18)23(20-13-19(20)14-2-7-17(25)8-3-14)28-31-24(29)16-6-11-21(26)22(27)12-16/h2-12,19-20H,13H2,1H3/b28-23+. The van der Waals surface area contributed by atoms with Gasteiger partial charge < -0.3 is 9.57 Å². The largest absolute Gasteiger partial charge is 0.497 e. The van der Waals surface area contributed by atoms with Crippen LogP contribution in [0.1, 0.15) is 33.8 Å². The van der Waals surface area contributed by atoms with Gasteiger partial charge in [-0.3, -0.25) is 0 Å². The molecule has 0 heterocycles. The zero-order chi connectivity index (χ0) is 22.0. The zero-order valence-corrected chi connectivity index (χ0v) is 18.8. The van der Waals surface area contributed by atoms with E-state index in [4.69, 9.17) is 44.4 Å². The van der Waals surface area contributed by atoms with E-state index in [1.807, 2.05) is 48.5 Å². The third kappa shape index (κ3) is 5.04. The predicted molar refractivity (Wildman–Crippen MR) is 124 cm³/mol. The van der Waals surface area contributed by atoms with Crippen molar-refractivity contribution in [2.75, 3.05) is 7.11 Å². The van der Waals surface area contributed by atoms with E-state index in [1.165, 1.54) is 11.6 Å². The van der Waals surface area contributed by atoms with Crippen molar-refractivity contribution in [1.29, 1.82) is 0 Å². The third-order valence-corrected chi connectivity index (χ3v) is 6.20. The summed E-state index contributed by atoms with van der Waals surface area (Å²) < 4.78 is 5.24. The Bertz CT molecular complexity index is 1130. The molecule has 2 atom stereocenters. The smallest absolute Gasteiger partial charge is 0.365 e. The van der Waals surface area contributed by atoms with Crippen LogP contribution < -0.4 is 4.74 Å². The topological polar surface area (TPSA) is 47.9 Å². The molecule has 0 amide bonds. The first-order valence-corrected chi connectivity index (χ1v) is 10.7. The first-order chi connectivity index (χ1) is 15.0. The molecule has 1 saturated carbocycles. The lowest BCUT2D eigenvalue weighted by atomic mass is 10.0. The lowest BCUT2D eigenvalue weighted by Gasteiger charge is -2.08. The molecule has 3 aromatic carbocycles. The molecule has 0 saturated heterocycles. The maximum Gasteiger partial charge on any atom is 0.365 e. The predicted octanol–water partition coefficient (Wildman–Crippen LogP) is 7.02. The number of carbonyl (C=O) groups excluding carboxylic acids is 1. The molecular weight excluding hydrogens is 457 g/mol. The number of benzene rings is 3. The second-order valence-electron chi connectivity index (χ2n) is 7.21. The van der Waals surface area contributed by atoms with Crippen molar-refractivity contribution >= 4 is 46.5 Å². The molecule has 0 N–H and O–H groups in total. The quantitative estimate of drug-likeness (QED) is 0.219. The molecule has 0 aliphatic heterocycles. The fourth-order valence-electron chi connectivity index (χ4n) is 3.44. The van der Waals surface area contributed by atoms with Crippen molar-refractivity contribution in [2.45, 2.75) is 12.3 Å². The first kappa shape index (κ1) is 21.7. The maximum absolute atomic E-state index is 12.5. The minimum atomic E-state index is -0.603. The summed E-state index contributed by atoms with van der Waals surface area (Å²) in [5.41, 5.74) is 3.02. The molecule has 4 nitrogen and oxygen atoms in total. The number of nitrogens with zero attached hydrogens (tertiary/aromatic N) is 1. The minimum Gasteiger partial charge on any atom is -0.497 e. The molecule has 0 bridgehead atoms. The lowest BCUT2D eigenvalue weighted by molar-refractivity contribution is 0.0515. The van der Waals surface area contributed by atoms with Crippen LogP contribution in [0.2, 0.25) is 15.1 Å². The summed E-state index contributed by atoms with van der Waals surface area (Å²) in [5, 5.41) is 5.60. The van der Waals surface area contributed by atoms with Crippen LogP contribution >= 0.6 is 34.8 Å². The number of oxime groups is 1. The summed E-state index contributed by atoms with van der Waals surface area (Å²) in [6.45, 7) is 0. The van der Waals surface area contributed by atoms with Gasteiger partial charge in [-0.15, -0.1) is 0 Å². The van der Waals surface area contributed by atoms with Crippen LogP contribution in [-0.4, -0.2) is 18.8 Å². The van der Waals surface area contributed by atoms with Crippen molar-refractivity contribution in [2.24, 2.45) is 11.1 Å². The van der Waals surface area contributed by atoms with Gasteiger partial charge in [0.15, 0.2) is 0 Å². The Morgan fingerprint density at radius 3 is 2.23 bits per heavy atom. The summed E-state index contributed by atoms with van der Waals surface area (Å²) >= 11 is 17.9. The van der Waals surface area contributed by atoms with E-state index in [0.717, 1.165) is 17.7 Å². The van der Waals surface area contributed by atoms with Crippen molar-refractivity contribution in [3.05, 3.63) is 98.5 Å². The number of halogens is 3. The molecule has 1 aliphatic carbocycles. The highest BCUT2D eigenvalue weighted by molar-refractivity contribution is 6.42. The second-order valence-corrected chi connectivity index (χ2v) is 8.46. The van der Waals surface area contributed by atoms with E-state index in [9.17, 15) is 4.79 Å². The average Bonchev–Trinajstić information content (AvgIpc) is 3.57. The van der Waals surface area contributed by atoms with E-state index in [-0.39, 0.29) is 22.4 Å². The van der Waals surface area contributed by atoms with Gasteiger partial charge in [0.1, 0.15) is 5.75 Å². The summed E-state index contributed by atoms with van der Waals surface area (Å²) in [4.78, 5) is 17.8. The van der Waals surface area contributed by atoms with E-state index in [2.05, 4.69) is 5.16 Å². The first-order valence-electron chi connectivity index (χ1n) is 9.60. The van der Waals surface area contributed by atoms with Crippen LogP contribution in [0.3, 0.4) is 0 Å². The Morgan fingerprint density at radius 1 is 0.903 bits per heavy atom. The van der Waals surface area contributed by atoms with E-state index < -0.39 is 5.97 Å². The molecular formula is C24H18Cl3NO3. The average molecular weight is 475 g/mol. The zero-order valence-electron chi connectivity index (χ0n) is 16.5. The van der Waals surface area contributed by atoms with Crippen molar-refractivity contribution in [1.82, 2.24) is 0 Å². The Morgan fingerprint density at radius 2 is 1.58 bits per heavy atom. The molecule has 0 spiro atoms. The number of rotatable bonds is 6. The fourth-order valence-corrected chi connectivity index (χ4v) is 3.86. The van der Waals surface area contributed by atoms with Crippen LogP contribution in [0.25, 0.3) is 0 Å². The van der Waals surface area contributed by atoms with Gasteiger partial charge in [0.25, 0.3) is 0 Å². The SMILES string of the molecule is COc1ccc(/C(=N\OC(=O)c2ccc(Cl)c(Cl)c2)C2CC2c2ccc(Cl)cc2)cc1. The van der Waals surface area contributed by atoms with Crippen molar-refractivity contribution < 1.29 is 14.4 Å². The molecule has 7 heteroatoms. The second kappa shape index (κ2) is 9.31. The Labute approximate surface area is 195 Å². The Kier molecular flexibility index (Phi) is 6.51. The highest BCUT2D eigenvalue weighted by Gasteiger charge is 2.43. The molecule has 158 valence electrons. The Hall–Kier alpha value is -2.53. The minimum absolute atomic E-state index is 0.121. The third-order valence-electron chi connectivity index (χ3n) is 5.21. The van der Waals surface area contributed by atoms with Crippen molar-refractivity contribution in [3.8, 4) is 5.75 Å². The summed E-state index contributed by atoms with van der Waals surface area (Å²) in [6, 6.07) is 19.9. The van der Waals surface area contributed by atoms with E-state index in [1.54, 1.807) is 19.2 Å². The molecule has 0 radical (unpaired) electrons. The van der Waals surface area contributed by atoms with Gasteiger partial charge in [-0.2, -0.15) is 0 Å². The van der Waals surface area contributed by atoms with E-state index in [0.29, 0.717) is 15.8 Å². The molecule has 1 fully saturated rings. The Balaban J connectivity index is 1.59. The van der Waals surface area contributed by atoms with Gasteiger partial charge in [-0.1, -0.05) is 52.1 Å². The van der Waals surface area contributed by atoms with Gasteiger partial charge in [0, 0.05) is 10.9 Å². The van der Waals surface area contributed by atoms with Gasteiger partial charge >= 0.3 is 5.97 Å². The number of hydrogen-bond acceptors (Lipinski definition) is 4. The molecule has 4 rings (SSSR count). The summed E-state index contributed by atoms with van der Waals surface area (Å²) in [5.74, 6) is 0.534. The highest BCUT2D eigenvalue weighted by Crippen LogP contribution is 2.49. The molecule has 1 aliphatic rings. The summed E-state index contributed by atoms with van der Waals surface area (Å²) in [6.07, 6.45) is 0.900. The van der Waals surface area contributed by atoms with Crippen LogP contribution in [-0.2, 0) is 4.84 Å². The number of ether oxygens (including phenoxy) is 1. The van der Waals surface area contributed by atoms with Gasteiger partial charge in [-0.05, 0) is 78.1 Å². The van der Waals surface area contributed by atoms with Crippen LogP contribution in [0.4, 0.5) is 0 Å². The van der Waals surface area contributed by atoms with Gasteiger partial charge in [0.2, 0.25) is 0 Å². The van der Waals surface area contributed by atoms with Gasteiger partial charge in [-0.25, -0.2) is 4.79 Å². The number of hydrogen-bond donors (Lipinski definition) is 0. The molecule has 2 unspecified atom stereocenters.